The maximum atomic E-state index is 8.72. The van der Waals surface area contributed by atoms with E-state index in [2.05, 4.69) is 13.8 Å². The van der Waals surface area contributed by atoms with Crippen LogP contribution in [0.3, 0.4) is 0 Å². The Morgan fingerprint density at radius 3 is 1.36 bits per heavy atom. The van der Waals surface area contributed by atoms with Gasteiger partial charge in [-0.2, -0.15) is 0 Å². The molecule has 0 radical (unpaired) electrons. The van der Waals surface area contributed by atoms with Crippen LogP contribution in [-0.2, 0) is 10.4 Å². The van der Waals surface area contributed by atoms with Crippen molar-refractivity contribution in [2.45, 2.75) is 33.3 Å². The fraction of sp³-hybridized carbons (Fsp3) is 1.00. The molecule has 0 aliphatic heterocycles. The van der Waals surface area contributed by atoms with Crippen molar-refractivity contribution < 1.29 is 81.7 Å². The van der Waals surface area contributed by atoms with E-state index in [0.29, 0.717) is 5.92 Å². The molecule has 0 bridgehead atoms. The number of rotatable bonds is 2. The molecule has 0 aliphatic carbocycles. The molecule has 5 nitrogen and oxygen atoms in total. The van der Waals surface area contributed by atoms with Crippen molar-refractivity contribution in [1.29, 1.82) is 0 Å². The summed E-state index contributed by atoms with van der Waals surface area (Å²) in [7, 11) is -5.17. The molecule has 0 aliphatic rings. The quantitative estimate of drug-likeness (QED) is 0.296. The van der Waals surface area contributed by atoms with Crippen LogP contribution in [0.1, 0.15) is 27.2 Å². The molecule has 0 heterocycles. The van der Waals surface area contributed by atoms with Crippen molar-refractivity contribution in [2.75, 3.05) is 0 Å². The van der Waals surface area contributed by atoms with Gasteiger partial charge in [0.2, 0.25) is 0 Å². The topological polar surface area (TPSA) is 100 Å². The number of aliphatic hydroxyl groups is 1. The predicted molar refractivity (Wildman–Crippen MR) is 41.6 cm³/mol. The van der Waals surface area contributed by atoms with Crippen LogP contribution in [0, 0.1) is 5.92 Å². The Balaban J connectivity index is -0.0000000651. The fourth-order valence-corrected chi connectivity index (χ4v) is 0.682. The van der Waals surface area contributed by atoms with Crippen LogP contribution in [0.5, 0.6) is 0 Å². The molecule has 0 aromatic rings. The summed E-state index contributed by atoms with van der Waals surface area (Å²) in [5, 5.41) is 8.72. The third-order valence-corrected chi connectivity index (χ3v) is 0.813. The standard InChI is InChI=1S/C6H14O.2Na.H2O4S/c1-5(2)4-6(3)7;;;1-5(2,3)4/h5-7H,4H2,1-3H3;;;(H2,1,2,3,4)/q;2*+1;/p-2. The molecule has 76 valence electrons. The van der Waals surface area contributed by atoms with E-state index in [9.17, 15) is 0 Å². The summed E-state index contributed by atoms with van der Waals surface area (Å²) in [6.45, 7) is 6.03. The zero-order valence-corrected chi connectivity index (χ0v) is 14.2. The Hall–Kier alpha value is 1.83. The molecule has 8 heteroatoms. The number of hydrogen-bond acceptors (Lipinski definition) is 5. The van der Waals surface area contributed by atoms with Gasteiger partial charge >= 0.3 is 59.1 Å². The van der Waals surface area contributed by atoms with Gasteiger partial charge in [0.25, 0.3) is 0 Å². The number of aliphatic hydroxyl groups excluding tert-OH is 1. The van der Waals surface area contributed by atoms with Crippen molar-refractivity contribution in [3.8, 4) is 0 Å². The Morgan fingerprint density at radius 1 is 1.14 bits per heavy atom. The third kappa shape index (κ3) is 67.0. The Labute approximate surface area is 130 Å². The van der Waals surface area contributed by atoms with Gasteiger partial charge in [-0.1, -0.05) is 13.8 Å². The van der Waals surface area contributed by atoms with Gasteiger partial charge in [0.1, 0.15) is 0 Å². The molecule has 0 amide bonds. The average Bonchev–Trinajstić information content (AvgIpc) is 1.52. The molecule has 14 heavy (non-hydrogen) atoms. The van der Waals surface area contributed by atoms with E-state index in [1.54, 1.807) is 0 Å². The van der Waals surface area contributed by atoms with Crippen molar-refractivity contribution in [3.05, 3.63) is 0 Å². The molecule has 0 aromatic carbocycles. The summed E-state index contributed by atoms with van der Waals surface area (Å²) < 4.78 is 34.1. The van der Waals surface area contributed by atoms with Crippen LogP contribution in [-0.4, -0.2) is 28.7 Å². The van der Waals surface area contributed by atoms with Crippen LogP contribution >= 0.6 is 0 Å². The second-order valence-electron chi connectivity index (χ2n) is 2.89. The molecular formula is C6H14Na2O5S. The summed E-state index contributed by atoms with van der Waals surface area (Å²) in [5.74, 6) is 0.625. The van der Waals surface area contributed by atoms with Crippen LogP contribution in [0.2, 0.25) is 0 Å². The third-order valence-electron chi connectivity index (χ3n) is 0.813. The molecule has 0 rings (SSSR count). The summed E-state index contributed by atoms with van der Waals surface area (Å²) in [4.78, 5) is 0. The average molecular weight is 244 g/mol. The molecular weight excluding hydrogens is 230 g/mol. The van der Waals surface area contributed by atoms with Gasteiger partial charge in [0.05, 0.1) is 6.10 Å². The predicted octanol–water partition coefficient (Wildman–Crippen LogP) is -5.92. The van der Waals surface area contributed by atoms with Gasteiger partial charge < -0.3 is 14.2 Å². The van der Waals surface area contributed by atoms with E-state index in [1.807, 2.05) is 6.92 Å². The first-order chi connectivity index (χ1) is 5.13. The van der Waals surface area contributed by atoms with E-state index in [0.717, 1.165) is 6.42 Å². The van der Waals surface area contributed by atoms with E-state index >= 15 is 0 Å². The van der Waals surface area contributed by atoms with Crippen molar-refractivity contribution in [1.82, 2.24) is 0 Å². The summed E-state index contributed by atoms with van der Waals surface area (Å²) in [5.41, 5.74) is 0. The van der Waals surface area contributed by atoms with Gasteiger partial charge in [0.15, 0.2) is 0 Å². The van der Waals surface area contributed by atoms with E-state index in [1.165, 1.54) is 0 Å². The van der Waals surface area contributed by atoms with Gasteiger partial charge in [-0.25, -0.2) is 0 Å². The Morgan fingerprint density at radius 2 is 1.36 bits per heavy atom. The zero-order chi connectivity index (χ0) is 10.4. The molecule has 0 spiro atoms. The molecule has 0 saturated carbocycles. The SMILES string of the molecule is CC(C)CC(C)O.O=S(=O)([O-])[O-].[Na+].[Na+]. The molecule has 0 fully saturated rings. The van der Waals surface area contributed by atoms with Gasteiger partial charge in [-0.05, 0) is 19.3 Å². The Bertz CT molecular complexity index is 176. The van der Waals surface area contributed by atoms with Crippen molar-refractivity contribution >= 4 is 10.4 Å². The zero-order valence-electron chi connectivity index (χ0n) is 9.35. The van der Waals surface area contributed by atoms with E-state index in [-0.39, 0.29) is 65.2 Å². The minimum atomic E-state index is -5.17. The normalized spacial score (nSPS) is 11.6. The van der Waals surface area contributed by atoms with Gasteiger partial charge in [0, 0.05) is 10.4 Å². The second kappa shape index (κ2) is 12.9. The maximum absolute atomic E-state index is 8.72. The second-order valence-corrected chi connectivity index (χ2v) is 3.70. The smallest absolute Gasteiger partial charge is 0.759 e. The maximum Gasteiger partial charge on any atom is 1.00 e. The van der Waals surface area contributed by atoms with Gasteiger partial charge in [-0.3, -0.25) is 8.42 Å². The Kier molecular flexibility index (Phi) is 22.9. The first-order valence-corrected chi connectivity index (χ1v) is 4.81. The van der Waals surface area contributed by atoms with Crippen LogP contribution < -0.4 is 59.1 Å². The first-order valence-electron chi connectivity index (χ1n) is 3.47. The van der Waals surface area contributed by atoms with Crippen LogP contribution in [0.15, 0.2) is 0 Å². The molecule has 1 unspecified atom stereocenters. The van der Waals surface area contributed by atoms with Crippen molar-refractivity contribution in [3.63, 3.8) is 0 Å². The monoisotopic (exact) mass is 244 g/mol. The fourth-order valence-electron chi connectivity index (χ4n) is 0.682. The minimum Gasteiger partial charge on any atom is -0.759 e. The summed E-state index contributed by atoms with van der Waals surface area (Å²) in [6.07, 6.45) is 0.792. The van der Waals surface area contributed by atoms with Crippen LogP contribution in [0.4, 0.5) is 0 Å². The first kappa shape index (κ1) is 24.9. The van der Waals surface area contributed by atoms with E-state index < -0.39 is 10.4 Å². The molecule has 0 saturated heterocycles. The van der Waals surface area contributed by atoms with Gasteiger partial charge in [-0.15, -0.1) is 0 Å². The summed E-state index contributed by atoms with van der Waals surface area (Å²) in [6, 6.07) is 0. The van der Waals surface area contributed by atoms with Crippen LogP contribution in [0.25, 0.3) is 0 Å². The molecule has 1 atom stereocenters. The summed E-state index contributed by atoms with van der Waals surface area (Å²) >= 11 is 0. The minimum absolute atomic E-state index is 0. The largest absolute Gasteiger partial charge is 1.00 e. The van der Waals surface area contributed by atoms with E-state index in [4.69, 9.17) is 22.6 Å². The molecule has 0 aromatic heterocycles. The molecule has 1 N–H and O–H groups in total. The number of hydrogen-bond donors (Lipinski definition) is 1. The van der Waals surface area contributed by atoms with Crippen molar-refractivity contribution in [2.24, 2.45) is 5.92 Å².